The summed E-state index contributed by atoms with van der Waals surface area (Å²) in [6, 6.07) is 8.01. The summed E-state index contributed by atoms with van der Waals surface area (Å²) in [4.78, 5) is 39.7. The van der Waals surface area contributed by atoms with Crippen LogP contribution in [0.5, 0.6) is 5.75 Å². The minimum atomic E-state index is -0.527. The summed E-state index contributed by atoms with van der Waals surface area (Å²) in [5, 5.41) is 0. The number of carbonyl (C=O) groups excluding carboxylic acids is 2. The fourth-order valence-electron chi connectivity index (χ4n) is 4.48. The van der Waals surface area contributed by atoms with E-state index in [1.54, 1.807) is 14.0 Å². The van der Waals surface area contributed by atoms with E-state index in [0.29, 0.717) is 36.7 Å². The quantitative estimate of drug-likeness (QED) is 0.726. The van der Waals surface area contributed by atoms with Crippen LogP contribution in [0, 0.1) is 6.92 Å². The molecule has 170 valence electrons. The number of aryl methyl sites for hydroxylation is 1. The van der Waals surface area contributed by atoms with Gasteiger partial charge in [0, 0.05) is 38.1 Å². The van der Waals surface area contributed by atoms with Crippen molar-refractivity contribution in [2.45, 2.75) is 25.8 Å². The second-order valence-electron chi connectivity index (χ2n) is 8.29. The number of aromatic nitrogens is 2. The molecular weight excluding hydrogens is 408 g/mol. The maximum atomic E-state index is 13.0. The van der Waals surface area contributed by atoms with E-state index in [-0.39, 0.29) is 11.9 Å². The predicted octanol–water partition coefficient (Wildman–Crippen LogP) is 1.38. The number of primary amides is 1. The van der Waals surface area contributed by atoms with Gasteiger partial charge in [0.1, 0.15) is 11.6 Å². The number of benzene rings is 1. The van der Waals surface area contributed by atoms with Gasteiger partial charge in [-0.1, -0.05) is 0 Å². The molecule has 0 bridgehead atoms. The molecular formula is C23H30N6O3. The van der Waals surface area contributed by atoms with Gasteiger partial charge in [0.25, 0.3) is 5.91 Å². The van der Waals surface area contributed by atoms with Crippen molar-refractivity contribution in [3.05, 3.63) is 47.5 Å². The highest BCUT2D eigenvalue weighted by Crippen LogP contribution is 2.30. The lowest BCUT2D eigenvalue weighted by molar-refractivity contribution is -0.133. The number of methoxy groups -OCH3 is 1. The number of ether oxygens (including phenoxy) is 1. The van der Waals surface area contributed by atoms with Gasteiger partial charge < -0.3 is 20.3 Å². The Morgan fingerprint density at radius 2 is 1.84 bits per heavy atom. The van der Waals surface area contributed by atoms with Crippen LogP contribution < -0.4 is 15.4 Å². The Labute approximate surface area is 188 Å². The Kier molecular flexibility index (Phi) is 6.55. The van der Waals surface area contributed by atoms with Crippen LogP contribution in [0.2, 0.25) is 0 Å². The first-order chi connectivity index (χ1) is 15.5. The van der Waals surface area contributed by atoms with E-state index in [0.717, 1.165) is 43.9 Å². The van der Waals surface area contributed by atoms with Gasteiger partial charge in [-0.2, -0.15) is 0 Å². The highest BCUT2D eigenvalue weighted by Gasteiger charge is 2.32. The number of rotatable bonds is 6. The molecule has 2 saturated heterocycles. The average Bonchev–Trinajstić information content (AvgIpc) is 3.27. The highest BCUT2D eigenvalue weighted by atomic mass is 16.5. The van der Waals surface area contributed by atoms with Gasteiger partial charge in [0.15, 0.2) is 0 Å². The fourth-order valence-corrected chi connectivity index (χ4v) is 4.48. The number of anilines is 1. The van der Waals surface area contributed by atoms with Crippen molar-refractivity contribution in [3.8, 4) is 5.75 Å². The minimum absolute atomic E-state index is 0.0137. The van der Waals surface area contributed by atoms with Crippen LogP contribution in [0.4, 0.5) is 5.69 Å². The third-order valence-corrected chi connectivity index (χ3v) is 6.33. The lowest BCUT2D eigenvalue weighted by Crippen LogP contribution is -2.51. The molecule has 2 amide bonds. The van der Waals surface area contributed by atoms with Crippen molar-refractivity contribution in [2.75, 3.05) is 51.3 Å². The van der Waals surface area contributed by atoms with Gasteiger partial charge in [-0.25, -0.2) is 9.97 Å². The largest absolute Gasteiger partial charge is 0.497 e. The molecule has 2 aliphatic rings. The molecule has 3 heterocycles. The molecule has 2 aliphatic heterocycles. The first kappa shape index (κ1) is 22.0. The van der Waals surface area contributed by atoms with Gasteiger partial charge in [-0.3, -0.25) is 14.5 Å². The highest BCUT2D eigenvalue weighted by molar-refractivity contribution is 5.93. The first-order valence-electron chi connectivity index (χ1n) is 11.0. The number of likely N-dealkylation sites (tertiary alicyclic amines) is 1. The molecule has 1 unspecified atom stereocenters. The van der Waals surface area contributed by atoms with E-state index in [2.05, 4.69) is 31.9 Å². The topological polar surface area (TPSA) is 105 Å². The molecule has 9 nitrogen and oxygen atoms in total. The molecule has 1 aromatic heterocycles. The first-order valence-corrected chi connectivity index (χ1v) is 11.0. The second-order valence-corrected chi connectivity index (χ2v) is 8.29. The van der Waals surface area contributed by atoms with Crippen molar-refractivity contribution in [1.82, 2.24) is 19.8 Å². The Hall–Kier alpha value is -3.20. The number of hydrogen-bond donors (Lipinski definition) is 1. The summed E-state index contributed by atoms with van der Waals surface area (Å²) < 4.78 is 5.23. The van der Waals surface area contributed by atoms with Crippen LogP contribution >= 0.6 is 0 Å². The predicted molar refractivity (Wildman–Crippen MR) is 121 cm³/mol. The van der Waals surface area contributed by atoms with Gasteiger partial charge in [0.05, 0.1) is 31.0 Å². The lowest BCUT2D eigenvalue weighted by atomic mass is 10.1. The van der Waals surface area contributed by atoms with Gasteiger partial charge in [0.2, 0.25) is 5.91 Å². The summed E-state index contributed by atoms with van der Waals surface area (Å²) in [6.45, 7) is 5.96. The molecule has 9 heteroatoms. The zero-order valence-corrected chi connectivity index (χ0v) is 18.7. The smallest absolute Gasteiger partial charge is 0.252 e. The van der Waals surface area contributed by atoms with Crippen LogP contribution in [0.15, 0.2) is 30.5 Å². The maximum Gasteiger partial charge on any atom is 0.252 e. The van der Waals surface area contributed by atoms with E-state index in [4.69, 9.17) is 10.5 Å². The number of amides is 2. The summed E-state index contributed by atoms with van der Waals surface area (Å²) in [5.74, 6) is 1.10. The van der Waals surface area contributed by atoms with Crippen LogP contribution in [0.1, 0.15) is 40.8 Å². The van der Waals surface area contributed by atoms with Crippen molar-refractivity contribution in [1.29, 1.82) is 0 Å². The molecule has 0 aliphatic carbocycles. The van der Waals surface area contributed by atoms with E-state index in [1.807, 2.05) is 17.0 Å². The van der Waals surface area contributed by atoms with Crippen LogP contribution in [0.25, 0.3) is 0 Å². The molecule has 2 N–H and O–H groups in total. The molecule has 4 rings (SSSR count). The maximum absolute atomic E-state index is 13.0. The SMILES string of the molecule is COc1ccc(N2CCN(C(=O)CN3CCCC3c3ncc(C(N)=O)c(C)n3)CC2)cc1. The summed E-state index contributed by atoms with van der Waals surface area (Å²) >= 11 is 0. The Bertz CT molecular complexity index is 972. The minimum Gasteiger partial charge on any atom is -0.497 e. The Morgan fingerprint density at radius 3 is 2.47 bits per heavy atom. The molecule has 0 saturated carbocycles. The van der Waals surface area contributed by atoms with E-state index >= 15 is 0 Å². The molecule has 32 heavy (non-hydrogen) atoms. The number of nitrogens with two attached hydrogens (primary N) is 1. The molecule has 2 aromatic rings. The molecule has 0 spiro atoms. The van der Waals surface area contributed by atoms with Gasteiger partial charge in [-0.05, 0) is 50.6 Å². The Morgan fingerprint density at radius 1 is 1.12 bits per heavy atom. The fraction of sp³-hybridized carbons (Fsp3) is 0.478. The summed E-state index contributed by atoms with van der Waals surface area (Å²) in [6.07, 6.45) is 3.38. The van der Waals surface area contributed by atoms with Crippen molar-refractivity contribution < 1.29 is 14.3 Å². The second kappa shape index (κ2) is 9.52. The van der Waals surface area contributed by atoms with Crippen LogP contribution in [-0.2, 0) is 4.79 Å². The van der Waals surface area contributed by atoms with Crippen molar-refractivity contribution in [2.24, 2.45) is 5.73 Å². The number of piperazine rings is 1. The van der Waals surface area contributed by atoms with E-state index in [9.17, 15) is 9.59 Å². The van der Waals surface area contributed by atoms with E-state index < -0.39 is 5.91 Å². The number of carbonyl (C=O) groups is 2. The zero-order chi connectivity index (χ0) is 22.7. The average molecular weight is 439 g/mol. The summed E-state index contributed by atoms with van der Waals surface area (Å²) in [5.41, 5.74) is 7.42. The molecule has 0 radical (unpaired) electrons. The van der Waals surface area contributed by atoms with Gasteiger partial charge in [-0.15, -0.1) is 0 Å². The standard InChI is InChI=1S/C23H30N6O3/c1-16-19(22(24)31)14-25-23(26-16)20-4-3-9-29(20)15-21(30)28-12-10-27(11-13-28)17-5-7-18(32-2)8-6-17/h5-8,14,20H,3-4,9-13,15H2,1-2H3,(H2,24,31). The van der Waals surface area contributed by atoms with E-state index in [1.165, 1.54) is 6.20 Å². The van der Waals surface area contributed by atoms with Crippen molar-refractivity contribution >= 4 is 17.5 Å². The summed E-state index contributed by atoms with van der Waals surface area (Å²) in [7, 11) is 1.66. The van der Waals surface area contributed by atoms with Crippen LogP contribution in [-0.4, -0.2) is 78.0 Å². The van der Waals surface area contributed by atoms with Crippen molar-refractivity contribution in [3.63, 3.8) is 0 Å². The number of hydrogen-bond acceptors (Lipinski definition) is 7. The third-order valence-electron chi connectivity index (χ3n) is 6.33. The third kappa shape index (κ3) is 4.67. The molecule has 1 atom stereocenters. The molecule has 1 aromatic carbocycles. The lowest BCUT2D eigenvalue weighted by Gasteiger charge is -2.37. The van der Waals surface area contributed by atoms with Crippen LogP contribution in [0.3, 0.4) is 0 Å². The molecule has 2 fully saturated rings. The number of nitrogens with zero attached hydrogens (tertiary/aromatic N) is 5. The normalized spacial score (nSPS) is 19.2. The Balaban J connectivity index is 1.34. The zero-order valence-electron chi connectivity index (χ0n) is 18.7. The monoisotopic (exact) mass is 438 g/mol. The van der Waals surface area contributed by atoms with Gasteiger partial charge >= 0.3 is 0 Å².